The summed E-state index contributed by atoms with van der Waals surface area (Å²) in [7, 11) is 0. The molecule has 1 aromatic carbocycles. The predicted octanol–water partition coefficient (Wildman–Crippen LogP) is 0.385. The monoisotopic (exact) mass is 405 g/mol. The second-order valence-corrected chi connectivity index (χ2v) is 6.82. The number of amides is 3. The molecule has 0 aliphatic carbocycles. The van der Waals surface area contributed by atoms with E-state index in [-0.39, 0.29) is 36.4 Å². The minimum atomic E-state index is -0.530. The molecule has 0 bridgehead atoms. The Kier molecular flexibility index (Phi) is 8.53. The smallest absolute Gasteiger partial charge is 0.269 e. The minimum Gasteiger partial charge on any atom is -0.355 e. The summed E-state index contributed by atoms with van der Waals surface area (Å²) in [4.78, 5) is 50.0. The molecule has 1 aliphatic heterocycles. The summed E-state index contributed by atoms with van der Waals surface area (Å²) in [5.74, 6) is -0.430. The maximum absolute atomic E-state index is 12.3. The molecule has 10 nitrogen and oxygen atoms in total. The van der Waals surface area contributed by atoms with Crippen LogP contribution < -0.4 is 10.6 Å². The third kappa shape index (κ3) is 7.15. The van der Waals surface area contributed by atoms with Crippen LogP contribution in [-0.4, -0.2) is 78.3 Å². The van der Waals surface area contributed by atoms with Gasteiger partial charge in [0, 0.05) is 63.4 Å². The quantitative estimate of drug-likeness (QED) is 0.452. The molecular weight excluding hydrogens is 378 g/mol. The van der Waals surface area contributed by atoms with E-state index in [1.165, 1.54) is 24.3 Å². The number of nitro groups is 1. The third-order valence-corrected chi connectivity index (χ3v) is 4.63. The van der Waals surface area contributed by atoms with Crippen LogP contribution >= 0.6 is 0 Å². The molecule has 158 valence electrons. The van der Waals surface area contributed by atoms with E-state index in [0.717, 1.165) is 6.42 Å². The van der Waals surface area contributed by atoms with Gasteiger partial charge in [-0.25, -0.2) is 0 Å². The second-order valence-electron chi connectivity index (χ2n) is 6.82. The molecule has 10 heteroatoms. The number of hydrogen-bond acceptors (Lipinski definition) is 6. The highest BCUT2D eigenvalue weighted by Gasteiger charge is 2.22. The molecule has 0 atom stereocenters. The number of piperazine rings is 1. The fraction of sp³-hybridized carbons (Fsp3) is 0.526. The zero-order valence-electron chi connectivity index (χ0n) is 16.6. The Morgan fingerprint density at radius 1 is 1.03 bits per heavy atom. The lowest BCUT2D eigenvalue weighted by Gasteiger charge is -2.34. The molecule has 0 aromatic heterocycles. The number of benzene rings is 1. The molecule has 3 amide bonds. The molecule has 0 spiro atoms. The summed E-state index contributed by atoms with van der Waals surface area (Å²) >= 11 is 0. The molecule has 0 saturated carbocycles. The minimum absolute atomic E-state index is 0.000540. The number of nitro benzene ring substituents is 1. The summed E-state index contributed by atoms with van der Waals surface area (Å²) < 4.78 is 0. The van der Waals surface area contributed by atoms with Gasteiger partial charge in [0.05, 0.1) is 11.5 Å². The Labute approximate surface area is 169 Å². The predicted molar refractivity (Wildman–Crippen MR) is 106 cm³/mol. The first-order valence-electron chi connectivity index (χ1n) is 9.70. The molecule has 29 heavy (non-hydrogen) atoms. The highest BCUT2D eigenvalue weighted by molar-refractivity contribution is 5.94. The summed E-state index contributed by atoms with van der Waals surface area (Å²) in [6, 6.07) is 5.29. The molecule has 2 rings (SSSR count). The van der Waals surface area contributed by atoms with E-state index in [2.05, 4.69) is 10.6 Å². The Morgan fingerprint density at radius 2 is 1.69 bits per heavy atom. The Bertz CT molecular complexity index is 729. The van der Waals surface area contributed by atoms with Gasteiger partial charge < -0.3 is 15.5 Å². The van der Waals surface area contributed by atoms with Gasteiger partial charge in [0.15, 0.2) is 0 Å². The van der Waals surface area contributed by atoms with Crippen LogP contribution in [0.25, 0.3) is 0 Å². The summed E-state index contributed by atoms with van der Waals surface area (Å²) in [5, 5.41) is 16.1. The van der Waals surface area contributed by atoms with E-state index in [1.54, 1.807) is 4.90 Å². The van der Waals surface area contributed by atoms with E-state index in [9.17, 15) is 24.5 Å². The van der Waals surface area contributed by atoms with E-state index >= 15 is 0 Å². The van der Waals surface area contributed by atoms with Crippen LogP contribution in [-0.2, 0) is 9.59 Å². The van der Waals surface area contributed by atoms with Gasteiger partial charge in [-0.2, -0.15) is 0 Å². The highest BCUT2D eigenvalue weighted by atomic mass is 16.6. The molecule has 1 aliphatic rings. The van der Waals surface area contributed by atoms with Gasteiger partial charge in [-0.05, 0) is 18.6 Å². The van der Waals surface area contributed by atoms with Crippen LogP contribution in [0.2, 0.25) is 0 Å². The van der Waals surface area contributed by atoms with Crippen LogP contribution in [0.3, 0.4) is 0 Å². The van der Waals surface area contributed by atoms with E-state index in [4.69, 9.17) is 0 Å². The van der Waals surface area contributed by atoms with Crippen LogP contribution in [0.1, 0.15) is 30.1 Å². The zero-order chi connectivity index (χ0) is 21.2. The van der Waals surface area contributed by atoms with Crippen molar-refractivity contribution in [3.05, 3.63) is 39.9 Å². The molecule has 2 N–H and O–H groups in total. The first-order chi connectivity index (χ1) is 13.9. The topological polar surface area (TPSA) is 125 Å². The van der Waals surface area contributed by atoms with Gasteiger partial charge in [-0.15, -0.1) is 0 Å². The number of carbonyl (C=O) groups is 3. The van der Waals surface area contributed by atoms with Gasteiger partial charge in [-0.1, -0.05) is 6.92 Å². The first-order valence-corrected chi connectivity index (χ1v) is 9.70. The van der Waals surface area contributed by atoms with Gasteiger partial charge in [0.25, 0.3) is 11.6 Å². The van der Waals surface area contributed by atoms with Crippen molar-refractivity contribution >= 4 is 23.4 Å². The maximum Gasteiger partial charge on any atom is 0.269 e. The molecule has 1 heterocycles. The number of nitrogens with zero attached hydrogens (tertiary/aromatic N) is 3. The average molecular weight is 405 g/mol. The van der Waals surface area contributed by atoms with Crippen LogP contribution in [0.15, 0.2) is 24.3 Å². The molecule has 0 unspecified atom stereocenters. The fourth-order valence-corrected chi connectivity index (χ4v) is 2.96. The largest absolute Gasteiger partial charge is 0.355 e. The molecule has 0 radical (unpaired) electrons. The number of hydrogen-bond donors (Lipinski definition) is 2. The number of carbonyl (C=O) groups excluding carboxylic acids is 3. The highest BCUT2D eigenvalue weighted by Crippen LogP contribution is 2.11. The molecule has 1 saturated heterocycles. The van der Waals surface area contributed by atoms with Gasteiger partial charge in [-0.3, -0.25) is 29.4 Å². The zero-order valence-corrected chi connectivity index (χ0v) is 16.6. The van der Waals surface area contributed by atoms with Crippen LogP contribution in [0.4, 0.5) is 5.69 Å². The number of non-ortho nitro benzene ring substituents is 1. The van der Waals surface area contributed by atoms with Crippen molar-refractivity contribution in [2.24, 2.45) is 0 Å². The van der Waals surface area contributed by atoms with Crippen molar-refractivity contribution in [2.75, 3.05) is 45.8 Å². The molecule has 1 fully saturated rings. The number of nitrogens with one attached hydrogen (secondary N) is 2. The summed E-state index contributed by atoms with van der Waals surface area (Å²) in [6.07, 6.45) is 1.07. The SMILES string of the molecule is CCCNC(=O)CN1CCN(C(=O)CCNC(=O)c2ccc([N+](=O)[O-])cc2)CC1. The summed E-state index contributed by atoms with van der Waals surface area (Å²) in [5.41, 5.74) is 0.219. The average Bonchev–Trinajstić information content (AvgIpc) is 2.72. The van der Waals surface area contributed by atoms with Crippen molar-refractivity contribution in [2.45, 2.75) is 19.8 Å². The lowest BCUT2D eigenvalue weighted by atomic mass is 10.2. The van der Waals surface area contributed by atoms with Gasteiger partial charge >= 0.3 is 0 Å². The second kappa shape index (κ2) is 11.1. The Balaban J connectivity index is 1.67. The van der Waals surface area contributed by atoms with Gasteiger partial charge in [0.2, 0.25) is 11.8 Å². The fourth-order valence-electron chi connectivity index (χ4n) is 2.96. The lowest BCUT2D eigenvalue weighted by Crippen LogP contribution is -2.51. The van der Waals surface area contributed by atoms with Gasteiger partial charge in [0.1, 0.15) is 0 Å². The van der Waals surface area contributed by atoms with Crippen molar-refractivity contribution in [1.82, 2.24) is 20.4 Å². The lowest BCUT2D eigenvalue weighted by molar-refractivity contribution is -0.384. The first kappa shape index (κ1) is 22.3. The van der Waals surface area contributed by atoms with Crippen molar-refractivity contribution in [1.29, 1.82) is 0 Å². The molecular formula is C19H27N5O5. The third-order valence-electron chi connectivity index (χ3n) is 4.63. The van der Waals surface area contributed by atoms with Crippen molar-refractivity contribution < 1.29 is 19.3 Å². The van der Waals surface area contributed by atoms with Crippen molar-refractivity contribution in [3.8, 4) is 0 Å². The van der Waals surface area contributed by atoms with Crippen LogP contribution in [0.5, 0.6) is 0 Å². The van der Waals surface area contributed by atoms with E-state index in [0.29, 0.717) is 44.8 Å². The van der Waals surface area contributed by atoms with E-state index < -0.39 is 4.92 Å². The number of rotatable bonds is 9. The Morgan fingerprint density at radius 3 is 2.28 bits per heavy atom. The van der Waals surface area contributed by atoms with Crippen LogP contribution in [0, 0.1) is 10.1 Å². The standard InChI is InChI=1S/C19H27N5O5/c1-2-8-20-17(25)14-22-10-12-23(13-11-22)18(26)7-9-21-19(27)15-3-5-16(6-4-15)24(28)29/h3-6H,2,7-14H2,1H3,(H,20,25)(H,21,27). The summed E-state index contributed by atoms with van der Waals surface area (Å²) in [6.45, 7) is 5.58. The van der Waals surface area contributed by atoms with E-state index in [1.807, 2.05) is 11.8 Å². The maximum atomic E-state index is 12.3. The normalized spacial score (nSPS) is 14.3. The van der Waals surface area contributed by atoms with Crippen molar-refractivity contribution in [3.63, 3.8) is 0 Å². The Hall–Kier alpha value is -3.01. The molecule has 1 aromatic rings.